The summed E-state index contributed by atoms with van der Waals surface area (Å²) in [7, 11) is 0. The number of ether oxygens (including phenoxy) is 3. The summed E-state index contributed by atoms with van der Waals surface area (Å²) >= 11 is 0. The standard InChI is InChI=1S/C9H16O3/c1-8(2)11-7-5-4-6-10-9(7,3)12-8/h7H,4-6H2,1-3H3/t7-,9-/m0/s1. The molecule has 2 atom stereocenters. The van der Waals surface area contributed by atoms with Gasteiger partial charge >= 0.3 is 0 Å². The second-order valence-corrected chi connectivity index (χ2v) is 4.12. The molecule has 0 unspecified atom stereocenters. The van der Waals surface area contributed by atoms with Gasteiger partial charge in [0.15, 0.2) is 11.6 Å². The molecule has 70 valence electrons. The number of hydrogen-bond acceptors (Lipinski definition) is 3. The van der Waals surface area contributed by atoms with Crippen molar-refractivity contribution >= 4 is 0 Å². The van der Waals surface area contributed by atoms with Crippen molar-refractivity contribution < 1.29 is 14.2 Å². The summed E-state index contributed by atoms with van der Waals surface area (Å²) in [5, 5.41) is 0. The summed E-state index contributed by atoms with van der Waals surface area (Å²) < 4.78 is 17.0. The van der Waals surface area contributed by atoms with Crippen molar-refractivity contribution in [1.29, 1.82) is 0 Å². The predicted molar refractivity (Wildman–Crippen MR) is 43.6 cm³/mol. The third-order valence-electron chi connectivity index (χ3n) is 2.46. The van der Waals surface area contributed by atoms with E-state index in [2.05, 4.69) is 0 Å². The Labute approximate surface area is 73.0 Å². The van der Waals surface area contributed by atoms with E-state index in [1.54, 1.807) is 0 Å². The first-order valence-electron chi connectivity index (χ1n) is 4.54. The van der Waals surface area contributed by atoms with E-state index < -0.39 is 11.6 Å². The fourth-order valence-electron chi connectivity index (χ4n) is 2.01. The Balaban J connectivity index is 2.16. The van der Waals surface area contributed by atoms with E-state index in [0.29, 0.717) is 0 Å². The molecule has 0 saturated carbocycles. The maximum absolute atomic E-state index is 5.71. The molecule has 0 bridgehead atoms. The van der Waals surface area contributed by atoms with Gasteiger partial charge in [-0.2, -0.15) is 0 Å². The Bertz CT molecular complexity index is 190. The molecule has 0 amide bonds. The van der Waals surface area contributed by atoms with Crippen molar-refractivity contribution in [2.45, 2.75) is 51.3 Å². The summed E-state index contributed by atoms with van der Waals surface area (Å²) in [5.74, 6) is -0.981. The molecule has 3 heteroatoms. The van der Waals surface area contributed by atoms with E-state index in [9.17, 15) is 0 Å². The van der Waals surface area contributed by atoms with E-state index >= 15 is 0 Å². The quantitative estimate of drug-likeness (QED) is 0.556. The van der Waals surface area contributed by atoms with Gasteiger partial charge < -0.3 is 14.2 Å². The molecule has 2 aliphatic heterocycles. The van der Waals surface area contributed by atoms with Crippen LogP contribution in [-0.2, 0) is 14.2 Å². The van der Waals surface area contributed by atoms with Crippen molar-refractivity contribution in [3.05, 3.63) is 0 Å². The van der Waals surface area contributed by atoms with Crippen LogP contribution in [0.25, 0.3) is 0 Å². The first-order chi connectivity index (χ1) is 5.52. The highest BCUT2D eigenvalue weighted by Crippen LogP contribution is 2.41. The number of fused-ring (bicyclic) bond motifs is 1. The van der Waals surface area contributed by atoms with Crippen LogP contribution in [0.2, 0.25) is 0 Å². The van der Waals surface area contributed by atoms with Crippen LogP contribution in [0.4, 0.5) is 0 Å². The van der Waals surface area contributed by atoms with Crippen LogP contribution in [0.15, 0.2) is 0 Å². The van der Waals surface area contributed by atoms with Gasteiger partial charge in [-0.25, -0.2) is 0 Å². The highest BCUT2D eigenvalue weighted by molar-refractivity contribution is 4.88. The summed E-state index contributed by atoms with van der Waals surface area (Å²) in [5.41, 5.74) is 0. The highest BCUT2D eigenvalue weighted by Gasteiger charge is 2.52. The minimum Gasteiger partial charge on any atom is -0.348 e. The normalized spacial score (nSPS) is 45.8. The first kappa shape index (κ1) is 8.48. The molecule has 2 aliphatic rings. The molecule has 0 N–H and O–H groups in total. The summed E-state index contributed by atoms with van der Waals surface area (Å²) in [6.45, 7) is 6.61. The van der Waals surface area contributed by atoms with Crippen LogP contribution < -0.4 is 0 Å². The minimum atomic E-state index is -0.498. The SMILES string of the molecule is CC1(C)O[C@H]2CCCO[C@@]2(C)O1. The van der Waals surface area contributed by atoms with Gasteiger partial charge in [0.1, 0.15) is 6.10 Å². The molecule has 2 rings (SSSR count). The zero-order valence-corrected chi connectivity index (χ0v) is 7.92. The molecule has 3 nitrogen and oxygen atoms in total. The Hall–Kier alpha value is -0.120. The lowest BCUT2D eigenvalue weighted by Crippen LogP contribution is -2.43. The fourth-order valence-corrected chi connectivity index (χ4v) is 2.01. The molecule has 0 aromatic carbocycles. The van der Waals surface area contributed by atoms with Gasteiger partial charge in [-0.05, 0) is 33.6 Å². The lowest BCUT2D eigenvalue weighted by Gasteiger charge is -2.32. The zero-order valence-electron chi connectivity index (χ0n) is 7.92. The van der Waals surface area contributed by atoms with Gasteiger partial charge in [-0.15, -0.1) is 0 Å². The van der Waals surface area contributed by atoms with Crippen molar-refractivity contribution in [3.8, 4) is 0 Å². The average molecular weight is 172 g/mol. The molecule has 2 saturated heterocycles. The summed E-state index contributed by atoms with van der Waals surface area (Å²) in [6, 6.07) is 0. The number of hydrogen-bond donors (Lipinski definition) is 0. The van der Waals surface area contributed by atoms with E-state index in [1.165, 1.54) is 0 Å². The van der Waals surface area contributed by atoms with E-state index in [-0.39, 0.29) is 6.10 Å². The average Bonchev–Trinajstić information content (AvgIpc) is 2.16. The van der Waals surface area contributed by atoms with Crippen LogP contribution in [0.5, 0.6) is 0 Å². The number of rotatable bonds is 0. The van der Waals surface area contributed by atoms with Crippen LogP contribution in [0.1, 0.15) is 33.6 Å². The zero-order chi connectivity index (χ0) is 8.82. The van der Waals surface area contributed by atoms with Crippen LogP contribution in [0.3, 0.4) is 0 Å². The lowest BCUT2D eigenvalue weighted by atomic mass is 10.0. The van der Waals surface area contributed by atoms with Gasteiger partial charge in [0.25, 0.3) is 0 Å². The third-order valence-corrected chi connectivity index (χ3v) is 2.46. The van der Waals surface area contributed by atoms with Gasteiger partial charge in [-0.3, -0.25) is 0 Å². The molecular formula is C9H16O3. The molecule has 2 heterocycles. The summed E-state index contributed by atoms with van der Waals surface area (Å²) in [6.07, 6.45) is 2.22. The van der Waals surface area contributed by atoms with Crippen molar-refractivity contribution in [2.75, 3.05) is 6.61 Å². The molecular weight excluding hydrogens is 156 g/mol. The van der Waals surface area contributed by atoms with Crippen LogP contribution >= 0.6 is 0 Å². The van der Waals surface area contributed by atoms with Crippen LogP contribution in [0, 0.1) is 0 Å². The minimum absolute atomic E-state index is 0.112. The van der Waals surface area contributed by atoms with Crippen molar-refractivity contribution in [2.24, 2.45) is 0 Å². The van der Waals surface area contributed by atoms with E-state index in [0.717, 1.165) is 19.4 Å². The molecule has 0 aromatic heterocycles. The maximum Gasteiger partial charge on any atom is 0.195 e. The lowest BCUT2D eigenvalue weighted by molar-refractivity contribution is -0.253. The Morgan fingerprint density at radius 3 is 2.67 bits per heavy atom. The van der Waals surface area contributed by atoms with Gasteiger partial charge in [0.05, 0.1) is 6.61 Å². The molecule has 2 fully saturated rings. The predicted octanol–water partition coefficient (Wildman–Crippen LogP) is 1.66. The first-order valence-corrected chi connectivity index (χ1v) is 4.54. The van der Waals surface area contributed by atoms with Crippen molar-refractivity contribution in [3.63, 3.8) is 0 Å². The molecule has 0 spiro atoms. The van der Waals surface area contributed by atoms with E-state index in [1.807, 2.05) is 20.8 Å². The van der Waals surface area contributed by atoms with E-state index in [4.69, 9.17) is 14.2 Å². The monoisotopic (exact) mass is 172 g/mol. The second kappa shape index (κ2) is 2.44. The maximum atomic E-state index is 5.71. The molecule has 0 aromatic rings. The Kier molecular flexibility index (Phi) is 1.72. The Morgan fingerprint density at radius 2 is 2.00 bits per heavy atom. The van der Waals surface area contributed by atoms with Gasteiger partial charge in [0.2, 0.25) is 0 Å². The topological polar surface area (TPSA) is 27.7 Å². The molecule has 12 heavy (non-hydrogen) atoms. The second-order valence-electron chi connectivity index (χ2n) is 4.12. The fraction of sp³-hybridized carbons (Fsp3) is 1.00. The van der Waals surface area contributed by atoms with Gasteiger partial charge in [-0.1, -0.05) is 0 Å². The molecule has 0 aliphatic carbocycles. The Morgan fingerprint density at radius 1 is 1.25 bits per heavy atom. The largest absolute Gasteiger partial charge is 0.348 e. The third kappa shape index (κ3) is 1.26. The smallest absolute Gasteiger partial charge is 0.195 e. The highest BCUT2D eigenvalue weighted by atomic mass is 16.8. The van der Waals surface area contributed by atoms with Gasteiger partial charge in [0, 0.05) is 0 Å². The molecule has 0 radical (unpaired) electrons. The summed E-state index contributed by atoms with van der Waals surface area (Å²) in [4.78, 5) is 0. The van der Waals surface area contributed by atoms with Crippen molar-refractivity contribution in [1.82, 2.24) is 0 Å². The van der Waals surface area contributed by atoms with Crippen LogP contribution in [-0.4, -0.2) is 24.3 Å².